The number of hydrogen-bond acceptors (Lipinski definition) is 4. The molecule has 2 heterocycles. The molecule has 0 aliphatic carbocycles. The van der Waals surface area contributed by atoms with E-state index in [9.17, 15) is 4.79 Å². The molecule has 6 heteroatoms. The van der Waals surface area contributed by atoms with E-state index in [1.54, 1.807) is 7.11 Å². The summed E-state index contributed by atoms with van der Waals surface area (Å²) in [5.74, 6) is 0.246. The number of rotatable bonds is 13. The molecule has 6 nitrogen and oxygen atoms in total. The zero-order valence-electron chi connectivity index (χ0n) is 21.0. The van der Waals surface area contributed by atoms with Crippen LogP contribution < -0.4 is 9.64 Å². The van der Waals surface area contributed by atoms with E-state index in [4.69, 9.17) is 9.84 Å². The van der Waals surface area contributed by atoms with Crippen molar-refractivity contribution in [1.29, 1.82) is 0 Å². The maximum absolute atomic E-state index is 10.9. The number of aliphatic carboxylic acids is 1. The first-order chi connectivity index (χ1) is 17.2. The van der Waals surface area contributed by atoms with Gasteiger partial charge in [0.05, 0.1) is 12.8 Å². The van der Waals surface area contributed by atoms with Gasteiger partial charge in [-0.25, -0.2) is 0 Å². The minimum absolute atomic E-state index is 0.231. The average molecular weight is 478 g/mol. The van der Waals surface area contributed by atoms with Crippen LogP contribution in [0.5, 0.6) is 5.75 Å². The van der Waals surface area contributed by atoms with Crippen LogP contribution in [-0.4, -0.2) is 60.4 Å². The van der Waals surface area contributed by atoms with Crippen molar-refractivity contribution in [2.24, 2.45) is 0 Å². The van der Waals surface area contributed by atoms with Gasteiger partial charge in [-0.05, 0) is 56.0 Å². The lowest BCUT2D eigenvalue weighted by molar-refractivity contribution is -0.137. The Kier molecular flexibility index (Phi) is 9.07. The Morgan fingerprint density at radius 2 is 1.60 bits per heavy atom. The second kappa shape index (κ2) is 12.6. The molecule has 1 aliphatic rings. The molecule has 3 aromatic rings. The fraction of sp³-hybridized carbons (Fsp3) is 0.483. The Labute approximate surface area is 209 Å². The third-order valence-electron chi connectivity index (χ3n) is 7.13. The normalized spacial score (nSPS) is 14.5. The van der Waals surface area contributed by atoms with Gasteiger partial charge in [-0.3, -0.25) is 9.69 Å². The number of piperazine rings is 1. The van der Waals surface area contributed by atoms with Gasteiger partial charge in [-0.15, -0.1) is 0 Å². The smallest absolute Gasteiger partial charge is 0.303 e. The number of aryl methyl sites for hydroxylation is 2. The number of nitrogens with zero attached hydrogens (tertiary/aromatic N) is 3. The summed E-state index contributed by atoms with van der Waals surface area (Å²) in [5, 5.41) is 10.2. The van der Waals surface area contributed by atoms with Crippen LogP contribution in [0.25, 0.3) is 10.9 Å². The molecule has 35 heavy (non-hydrogen) atoms. The van der Waals surface area contributed by atoms with Gasteiger partial charge < -0.3 is 19.3 Å². The van der Waals surface area contributed by atoms with Crippen molar-refractivity contribution in [3.63, 3.8) is 0 Å². The molecular weight excluding hydrogens is 438 g/mol. The fourth-order valence-corrected chi connectivity index (χ4v) is 5.21. The lowest BCUT2D eigenvalue weighted by Crippen LogP contribution is -2.46. The van der Waals surface area contributed by atoms with Crippen LogP contribution in [0, 0.1) is 0 Å². The molecule has 1 N–H and O–H groups in total. The lowest BCUT2D eigenvalue weighted by Gasteiger charge is -2.36. The SMILES string of the molecule is COc1ccccc1N1CCN(CCCCCCn2cc(CCCC(=O)O)c3ccccc32)CC1. The molecule has 0 spiro atoms. The van der Waals surface area contributed by atoms with E-state index in [0.29, 0.717) is 6.42 Å². The van der Waals surface area contributed by atoms with Crippen molar-refractivity contribution in [3.05, 3.63) is 60.3 Å². The highest BCUT2D eigenvalue weighted by molar-refractivity contribution is 5.84. The first-order valence-electron chi connectivity index (χ1n) is 13.0. The average Bonchev–Trinajstić information content (AvgIpc) is 3.24. The van der Waals surface area contributed by atoms with Gasteiger partial charge in [0, 0.05) is 56.2 Å². The zero-order chi connectivity index (χ0) is 24.5. The molecule has 0 bridgehead atoms. The highest BCUT2D eigenvalue weighted by atomic mass is 16.5. The molecule has 1 aliphatic heterocycles. The van der Waals surface area contributed by atoms with Crippen LogP contribution in [0.15, 0.2) is 54.7 Å². The summed E-state index contributed by atoms with van der Waals surface area (Å²) in [4.78, 5) is 15.9. The third-order valence-corrected chi connectivity index (χ3v) is 7.13. The molecule has 2 aromatic carbocycles. The number of carboxylic acid groups (broad SMARTS) is 1. The Balaban J connectivity index is 1.16. The highest BCUT2D eigenvalue weighted by Gasteiger charge is 2.19. The Hall–Kier alpha value is -2.99. The van der Waals surface area contributed by atoms with Gasteiger partial charge in [0.1, 0.15) is 5.75 Å². The minimum atomic E-state index is -0.716. The first kappa shape index (κ1) is 25.1. The summed E-state index contributed by atoms with van der Waals surface area (Å²) in [6.45, 7) is 6.53. The highest BCUT2D eigenvalue weighted by Crippen LogP contribution is 2.28. The number of methoxy groups -OCH3 is 1. The maximum atomic E-state index is 10.9. The van der Waals surface area contributed by atoms with Gasteiger partial charge in [0.15, 0.2) is 0 Å². The Morgan fingerprint density at radius 3 is 2.37 bits per heavy atom. The maximum Gasteiger partial charge on any atom is 0.303 e. The van der Waals surface area contributed by atoms with E-state index < -0.39 is 5.97 Å². The van der Waals surface area contributed by atoms with Crippen LogP contribution in [-0.2, 0) is 17.8 Å². The van der Waals surface area contributed by atoms with Crippen LogP contribution in [0.2, 0.25) is 0 Å². The van der Waals surface area contributed by atoms with E-state index in [1.165, 1.54) is 54.4 Å². The predicted molar refractivity (Wildman–Crippen MR) is 143 cm³/mol. The number of benzene rings is 2. The van der Waals surface area contributed by atoms with E-state index in [1.807, 2.05) is 12.1 Å². The van der Waals surface area contributed by atoms with E-state index in [-0.39, 0.29) is 6.42 Å². The van der Waals surface area contributed by atoms with Crippen LogP contribution in [0.3, 0.4) is 0 Å². The van der Waals surface area contributed by atoms with Crippen molar-refractivity contribution in [3.8, 4) is 5.75 Å². The van der Waals surface area contributed by atoms with Gasteiger partial charge >= 0.3 is 5.97 Å². The third kappa shape index (κ3) is 6.79. The summed E-state index contributed by atoms with van der Waals surface area (Å²) in [5.41, 5.74) is 3.75. The standard InChI is InChI=1S/C29H39N3O3/c1-35-28-15-7-6-14-27(28)31-21-19-30(20-22-31)17-8-2-3-9-18-32-23-24(11-10-16-29(33)34)25-12-4-5-13-26(25)32/h4-7,12-15,23H,2-3,8-11,16-22H2,1H3,(H,33,34). The van der Waals surface area contributed by atoms with Gasteiger partial charge in [-0.1, -0.05) is 43.2 Å². The summed E-state index contributed by atoms with van der Waals surface area (Å²) >= 11 is 0. The number of ether oxygens (including phenoxy) is 1. The monoisotopic (exact) mass is 477 g/mol. The molecule has 1 fully saturated rings. The van der Waals surface area contributed by atoms with E-state index in [0.717, 1.165) is 44.9 Å². The van der Waals surface area contributed by atoms with Crippen molar-refractivity contribution >= 4 is 22.6 Å². The predicted octanol–water partition coefficient (Wildman–Crippen LogP) is 5.44. The van der Waals surface area contributed by atoms with Crippen molar-refractivity contribution in [2.75, 3.05) is 44.7 Å². The van der Waals surface area contributed by atoms with Gasteiger partial charge in [-0.2, -0.15) is 0 Å². The number of para-hydroxylation sites is 3. The Bertz CT molecular complexity index is 1090. The zero-order valence-corrected chi connectivity index (χ0v) is 21.0. The molecule has 188 valence electrons. The number of anilines is 1. The van der Waals surface area contributed by atoms with Crippen LogP contribution in [0.1, 0.15) is 44.1 Å². The largest absolute Gasteiger partial charge is 0.495 e. The first-order valence-corrected chi connectivity index (χ1v) is 13.0. The molecule has 0 radical (unpaired) electrons. The van der Waals surface area contributed by atoms with E-state index >= 15 is 0 Å². The molecule has 0 unspecified atom stereocenters. The molecule has 1 aromatic heterocycles. The van der Waals surface area contributed by atoms with E-state index in [2.05, 4.69) is 57.0 Å². The minimum Gasteiger partial charge on any atom is -0.495 e. The molecule has 0 saturated carbocycles. The van der Waals surface area contributed by atoms with Gasteiger partial charge in [0.25, 0.3) is 0 Å². The van der Waals surface area contributed by atoms with Crippen molar-refractivity contribution in [1.82, 2.24) is 9.47 Å². The van der Waals surface area contributed by atoms with Crippen molar-refractivity contribution in [2.45, 2.75) is 51.5 Å². The molecular formula is C29H39N3O3. The number of hydrogen-bond donors (Lipinski definition) is 1. The summed E-state index contributed by atoms with van der Waals surface area (Å²) in [6.07, 6.45) is 8.92. The topological polar surface area (TPSA) is 57.9 Å². The lowest BCUT2D eigenvalue weighted by atomic mass is 10.1. The summed E-state index contributed by atoms with van der Waals surface area (Å²) in [6, 6.07) is 16.8. The number of carboxylic acids is 1. The molecule has 0 atom stereocenters. The summed E-state index contributed by atoms with van der Waals surface area (Å²) in [7, 11) is 1.75. The molecule has 4 rings (SSSR count). The quantitative estimate of drug-likeness (QED) is 0.332. The molecule has 0 amide bonds. The molecule has 1 saturated heterocycles. The number of fused-ring (bicyclic) bond motifs is 1. The summed E-state index contributed by atoms with van der Waals surface area (Å²) < 4.78 is 7.90. The van der Waals surface area contributed by atoms with Gasteiger partial charge in [0.2, 0.25) is 0 Å². The van der Waals surface area contributed by atoms with Crippen LogP contribution in [0.4, 0.5) is 5.69 Å². The number of aromatic nitrogens is 1. The second-order valence-electron chi connectivity index (χ2n) is 9.53. The fourth-order valence-electron chi connectivity index (χ4n) is 5.21. The van der Waals surface area contributed by atoms with Crippen molar-refractivity contribution < 1.29 is 14.6 Å². The Morgan fingerprint density at radius 1 is 0.886 bits per heavy atom. The number of carbonyl (C=O) groups is 1. The second-order valence-corrected chi connectivity index (χ2v) is 9.53. The van der Waals surface area contributed by atoms with Crippen LogP contribution >= 0.6 is 0 Å². The number of unbranched alkanes of at least 4 members (excludes halogenated alkanes) is 3.